The Morgan fingerprint density at radius 2 is 1.59 bits per heavy atom. The Kier molecular flexibility index (Phi) is 3.39. The minimum atomic E-state index is -0.0545. The maximum Gasteiger partial charge on any atom is 0.0661 e. The summed E-state index contributed by atoms with van der Waals surface area (Å²) >= 11 is 0. The summed E-state index contributed by atoms with van der Waals surface area (Å²) in [6.45, 7) is 4.88. The summed E-state index contributed by atoms with van der Waals surface area (Å²) in [4.78, 5) is 0. The monoisotopic (exact) mass is 301 g/mol. The van der Waals surface area contributed by atoms with Crippen molar-refractivity contribution in [2.24, 2.45) is 40.4 Å². The van der Waals surface area contributed by atoms with Crippen molar-refractivity contribution in [3.8, 4) is 6.07 Å². The molecule has 1 unspecified atom stereocenters. The number of nitriles is 1. The molecule has 8 atom stereocenters. The standard InChI is InChI=1S/C20H31NO/c1-19-9-7-16-15(17(19)6-4-14(22)11-19)8-10-20(2)13(12-21)3-5-18(16)20/h13-18,22H,3-11H2,1-2H3/t13-,14-,15+,16-,17-,18+,19?,20-/m1/s1. The van der Waals surface area contributed by atoms with Crippen molar-refractivity contribution < 1.29 is 5.11 Å². The second-order valence-electron chi connectivity index (χ2n) is 9.47. The van der Waals surface area contributed by atoms with E-state index in [9.17, 15) is 10.4 Å². The molecule has 2 heteroatoms. The number of rotatable bonds is 0. The van der Waals surface area contributed by atoms with Gasteiger partial charge in [-0.15, -0.1) is 0 Å². The predicted molar refractivity (Wildman–Crippen MR) is 86.8 cm³/mol. The topological polar surface area (TPSA) is 44.0 Å². The summed E-state index contributed by atoms with van der Waals surface area (Å²) < 4.78 is 0. The van der Waals surface area contributed by atoms with Crippen molar-refractivity contribution in [2.45, 2.75) is 77.7 Å². The number of hydrogen-bond acceptors (Lipinski definition) is 2. The van der Waals surface area contributed by atoms with Gasteiger partial charge in [0, 0.05) is 0 Å². The Hall–Kier alpha value is -0.550. The van der Waals surface area contributed by atoms with Crippen LogP contribution in [-0.2, 0) is 0 Å². The average Bonchev–Trinajstić information content (AvgIpc) is 2.82. The van der Waals surface area contributed by atoms with E-state index in [1.807, 2.05) is 0 Å². The first-order chi connectivity index (χ1) is 10.5. The van der Waals surface area contributed by atoms with Crippen molar-refractivity contribution in [3.05, 3.63) is 0 Å². The molecule has 0 aromatic heterocycles. The van der Waals surface area contributed by atoms with Gasteiger partial charge in [0.05, 0.1) is 18.1 Å². The van der Waals surface area contributed by atoms with Gasteiger partial charge >= 0.3 is 0 Å². The average molecular weight is 301 g/mol. The van der Waals surface area contributed by atoms with Gasteiger partial charge in [0.2, 0.25) is 0 Å². The van der Waals surface area contributed by atoms with Gasteiger partial charge in [-0.05, 0) is 92.3 Å². The number of nitrogens with zero attached hydrogens (tertiary/aromatic N) is 1. The number of hydrogen-bond donors (Lipinski definition) is 1. The van der Waals surface area contributed by atoms with Crippen molar-refractivity contribution in [1.29, 1.82) is 5.26 Å². The van der Waals surface area contributed by atoms with Crippen molar-refractivity contribution in [1.82, 2.24) is 0 Å². The Balaban J connectivity index is 1.61. The lowest BCUT2D eigenvalue weighted by molar-refractivity contribution is -0.112. The van der Waals surface area contributed by atoms with E-state index in [0.29, 0.717) is 16.7 Å². The fourth-order valence-corrected chi connectivity index (χ4v) is 7.47. The number of aliphatic hydroxyl groups is 1. The first kappa shape index (κ1) is 15.0. The zero-order valence-corrected chi connectivity index (χ0v) is 14.2. The van der Waals surface area contributed by atoms with Crippen LogP contribution in [0.25, 0.3) is 0 Å². The largest absolute Gasteiger partial charge is 0.393 e. The molecule has 0 heterocycles. The van der Waals surface area contributed by atoms with Crippen LogP contribution in [0.3, 0.4) is 0 Å². The van der Waals surface area contributed by atoms with Gasteiger partial charge in [0.1, 0.15) is 0 Å². The van der Waals surface area contributed by atoms with E-state index in [2.05, 4.69) is 19.9 Å². The first-order valence-corrected chi connectivity index (χ1v) is 9.55. The molecule has 0 aromatic carbocycles. The predicted octanol–water partition coefficient (Wildman–Crippen LogP) is 4.53. The molecule has 0 bridgehead atoms. The van der Waals surface area contributed by atoms with Crippen LogP contribution in [-0.4, -0.2) is 11.2 Å². The number of aliphatic hydroxyl groups excluding tert-OH is 1. The second-order valence-corrected chi connectivity index (χ2v) is 9.47. The van der Waals surface area contributed by atoms with Crippen molar-refractivity contribution in [2.75, 3.05) is 0 Å². The van der Waals surface area contributed by atoms with Crippen LogP contribution < -0.4 is 0 Å². The smallest absolute Gasteiger partial charge is 0.0661 e. The first-order valence-electron chi connectivity index (χ1n) is 9.55. The lowest BCUT2D eigenvalue weighted by Crippen LogP contribution is -2.52. The molecular weight excluding hydrogens is 270 g/mol. The molecule has 0 aliphatic heterocycles. The molecule has 22 heavy (non-hydrogen) atoms. The van der Waals surface area contributed by atoms with E-state index in [1.165, 1.54) is 38.5 Å². The Morgan fingerprint density at radius 1 is 0.909 bits per heavy atom. The van der Waals surface area contributed by atoms with E-state index in [0.717, 1.165) is 42.9 Å². The van der Waals surface area contributed by atoms with Gasteiger partial charge in [0.15, 0.2) is 0 Å². The van der Waals surface area contributed by atoms with Crippen LogP contribution in [0.15, 0.2) is 0 Å². The normalized spacial score (nSPS) is 57.4. The SMILES string of the molecule is CC12CC[C@@H]3[C@H](CC[C@]4(C)[C@@H](C#N)CC[C@@H]34)[C@H]1CC[C@@H](O)C2. The van der Waals surface area contributed by atoms with E-state index >= 15 is 0 Å². The van der Waals surface area contributed by atoms with Crippen molar-refractivity contribution in [3.63, 3.8) is 0 Å². The molecule has 4 fully saturated rings. The number of fused-ring (bicyclic) bond motifs is 5. The lowest BCUT2D eigenvalue weighted by atomic mass is 9.46. The fraction of sp³-hybridized carbons (Fsp3) is 0.950. The molecule has 0 amide bonds. The summed E-state index contributed by atoms with van der Waals surface area (Å²) in [5, 5.41) is 19.7. The van der Waals surface area contributed by atoms with Gasteiger partial charge in [-0.25, -0.2) is 0 Å². The van der Waals surface area contributed by atoms with Crippen LogP contribution in [0, 0.1) is 51.8 Å². The van der Waals surface area contributed by atoms with E-state index in [-0.39, 0.29) is 6.10 Å². The minimum absolute atomic E-state index is 0.0545. The molecule has 122 valence electrons. The highest BCUT2D eigenvalue weighted by atomic mass is 16.3. The van der Waals surface area contributed by atoms with Crippen LogP contribution >= 0.6 is 0 Å². The van der Waals surface area contributed by atoms with E-state index < -0.39 is 0 Å². The fourth-order valence-electron chi connectivity index (χ4n) is 7.47. The zero-order chi connectivity index (χ0) is 15.5. The third-order valence-corrected chi connectivity index (χ3v) is 8.62. The summed E-state index contributed by atoms with van der Waals surface area (Å²) in [5.41, 5.74) is 0.692. The van der Waals surface area contributed by atoms with Crippen LogP contribution in [0.4, 0.5) is 0 Å². The highest BCUT2D eigenvalue weighted by molar-refractivity contribution is 5.11. The van der Waals surface area contributed by atoms with Gasteiger partial charge < -0.3 is 5.11 Å². The summed E-state index contributed by atoms with van der Waals surface area (Å²) in [6, 6.07) is 2.64. The minimum Gasteiger partial charge on any atom is -0.393 e. The lowest BCUT2D eigenvalue weighted by Gasteiger charge is -2.59. The van der Waals surface area contributed by atoms with Crippen LogP contribution in [0.1, 0.15) is 71.6 Å². The quantitative estimate of drug-likeness (QED) is 0.714. The summed E-state index contributed by atoms with van der Waals surface area (Å²) in [6.07, 6.45) is 10.9. The molecule has 0 aromatic rings. The van der Waals surface area contributed by atoms with Gasteiger partial charge in [0.25, 0.3) is 0 Å². The van der Waals surface area contributed by atoms with Gasteiger partial charge in [-0.1, -0.05) is 13.8 Å². The molecule has 0 radical (unpaired) electrons. The third kappa shape index (κ3) is 1.94. The Bertz CT molecular complexity index is 496. The molecule has 4 aliphatic carbocycles. The highest BCUT2D eigenvalue weighted by Gasteiger charge is 2.59. The molecule has 0 saturated heterocycles. The molecule has 4 aliphatic rings. The second kappa shape index (κ2) is 4.97. The molecule has 2 nitrogen and oxygen atoms in total. The highest BCUT2D eigenvalue weighted by Crippen LogP contribution is 2.66. The zero-order valence-electron chi connectivity index (χ0n) is 14.2. The molecular formula is C20H31NO. The molecule has 0 spiro atoms. The molecule has 1 N–H and O–H groups in total. The maximum absolute atomic E-state index is 10.1. The van der Waals surface area contributed by atoms with Gasteiger partial charge in [-0.2, -0.15) is 5.26 Å². The Labute approximate surface area is 135 Å². The van der Waals surface area contributed by atoms with Crippen LogP contribution in [0.2, 0.25) is 0 Å². The van der Waals surface area contributed by atoms with E-state index in [4.69, 9.17) is 0 Å². The Morgan fingerprint density at radius 3 is 2.36 bits per heavy atom. The maximum atomic E-state index is 10.1. The summed E-state index contributed by atoms with van der Waals surface area (Å²) in [7, 11) is 0. The molecule has 4 rings (SSSR count). The third-order valence-electron chi connectivity index (χ3n) is 8.62. The van der Waals surface area contributed by atoms with Crippen molar-refractivity contribution >= 4 is 0 Å². The van der Waals surface area contributed by atoms with E-state index in [1.54, 1.807) is 0 Å². The van der Waals surface area contributed by atoms with Crippen LogP contribution in [0.5, 0.6) is 0 Å². The summed E-state index contributed by atoms with van der Waals surface area (Å²) in [5.74, 6) is 3.68. The molecule has 4 saturated carbocycles. The van der Waals surface area contributed by atoms with Gasteiger partial charge in [-0.3, -0.25) is 0 Å².